The fourth-order valence-electron chi connectivity index (χ4n) is 1.94. The summed E-state index contributed by atoms with van der Waals surface area (Å²) in [5.74, 6) is 2.54. The van der Waals surface area contributed by atoms with Gasteiger partial charge in [0.2, 0.25) is 0 Å². The van der Waals surface area contributed by atoms with E-state index in [2.05, 4.69) is 32.0 Å². The van der Waals surface area contributed by atoms with E-state index in [0.717, 1.165) is 33.9 Å². The Morgan fingerprint density at radius 1 is 1.42 bits per heavy atom. The highest BCUT2D eigenvalue weighted by Gasteiger charge is 2.24. The molecule has 0 saturated carbocycles. The van der Waals surface area contributed by atoms with Gasteiger partial charge in [-0.1, -0.05) is 28.1 Å². The molecule has 3 nitrogen and oxygen atoms in total. The second-order valence-electron chi connectivity index (χ2n) is 4.34. The smallest absolute Gasteiger partial charge is 0.170 e. The molecule has 1 aromatic heterocycles. The third kappa shape index (κ3) is 2.62. The number of hydrogen-bond donors (Lipinski definition) is 0. The first-order valence-electron chi connectivity index (χ1n) is 6.05. The Kier molecular flexibility index (Phi) is 3.75. The van der Waals surface area contributed by atoms with Crippen LogP contribution in [0, 0.1) is 6.92 Å². The average molecular weight is 337 g/mol. The van der Waals surface area contributed by atoms with Crippen molar-refractivity contribution in [2.75, 3.05) is 5.75 Å². The molecule has 1 aliphatic rings. The first-order chi connectivity index (χ1) is 9.28. The average Bonchev–Trinajstić information content (AvgIpc) is 2.46. The molecule has 98 valence electrons. The fourth-order valence-corrected chi connectivity index (χ4v) is 3.47. The van der Waals surface area contributed by atoms with Crippen molar-refractivity contribution in [3.05, 3.63) is 47.5 Å². The summed E-state index contributed by atoms with van der Waals surface area (Å²) in [5.41, 5.74) is 2.13. The predicted molar refractivity (Wildman–Crippen MR) is 79.9 cm³/mol. The Hall–Kier alpha value is -1.07. The third-order valence-corrected chi connectivity index (χ3v) is 4.76. The van der Waals surface area contributed by atoms with Crippen molar-refractivity contribution >= 4 is 27.7 Å². The van der Waals surface area contributed by atoms with Gasteiger partial charge in [0.1, 0.15) is 5.75 Å². The molecule has 19 heavy (non-hydrogen) atoms. The molecule has 1 atom stereocenters. The third-order valence-electron chi connectivity index (χ3n) is 3.04. The van der Waals surface area contributed by atoms with Gasteiger partial charge in [-0.3, -0.25) is 0 Å². The molecule has 1 aromatic carbocycles. The topological polar surface area (TPSA) is 35.0 Å². The molecule has 1 unspecified atom stereocenters. The van der Waals surface area contributed by atoms with Crippen LogP contribution < -0.4 is 4.74 Å². The normalized spacial score (nSPS) is 17.7. The van der Waals surface area contributed by atoms with E-state index in [4.69, 9.17) is 4.74 Å². The number of alkyl halides is 1. The molecule has 0 radical (unpaired) electrons. The molecule has 0 bridgehead atoms. The molecule has 3 rings (SSSR count). The van der Waals surface area contributed by atoms with Crippen LogP contribution in [-0.4, -0.2) is 15.7 Å². The molecule has 2 heterocycles. The predicted octanol–water partition coefficient (Wildman–Crippen LogP) is 3.91. The largest absolute Gasteiger partial charge is 0.480 e. The second-order valence-corrected chi connectivity index (χ2v) is 5.96. The fraction of sp³-hybridized carbons (Fsp3) is 0.286. The Morgan fingerprint density at radius 3 is 3.05 bits per heavy atom. The highest BCUT2D eigenvalue weighted by molar-refractivity contribution is 9.08. The van der Waals surface area contributed by atoms with Gasteiger partial charge in [0.05, 0.1) is 0 Å². The quantitative estimate of drug-likeness (QED) is 0.779. The van der Waals surface area contributed by atoms with Gasteiger partial charge >= 0.3 is 0 Å². The maximum atomic E-state index is 5.99. The number of halogens is 1. The van der Waals surface area contributed by atoms with Crippen molar-refractivity contribution < 1.29 is 4.74 Å². The highest BCUT2D eigenvalue weighted by atomic mass is 79.9. The summed E-state index contributed by atoms with van der Waals surface area (Å²) in [6, 6.07) is 8.09. The summed E-state index contributed by atoms with van der Waals surface area (Å²) in [5, 5.41) is 0.780. The number of aryl methyl sites for hydroxylation is 1. The summed E-state index contributed by atoms with van der Waals surface area (Å²) in [6.45, 7) is 2.01. The van der Waals surface area contributed by atoms with Gasteiger partial charge in [-0.15, -0.1) is 11.8 Å². The molecular formula is C14H13BrN2OS. The van der Waals surface area contributed by atoms with Crippen molar-refractivity contribution in [1.82, 2.24) is 9.97 Å². The van der Waals surface area contributed by atoms with Crippen LogP contribution in [0.5, 0.6) is 5.75 Å². The van der Waals surface area contributed by atoms with Gasteiger partial charge in [0, 0.05) is 33.4 Å². The number of fused-ring (bicyclic) bond motifs is 1. The molecular weight excluding hydrogens is 324 g/mol. The molecule has 0 saturated heterocycles. The molecule has 0 amide bonds. The van der Waals surface area contributed by atoms with Crippen molar-refractivity contribution in [2.45, 2.75) is 23.3 Å². The molecule has 0 spiro atoms. The van der Waals surface area contributed by atoms with E-state index in [-0.39, 0.29) is 6.10 Å². The maximum Gasteiger partial charge on any atom is 0.170 e. The lowest BCUT2D eigenvalue weighted by Gasteiger charge is -2.24. The number of rotatable bonds is 2. The van der Waals surface area contributed by atoms with E-state index >= 15 is 0 Å². The Bertz CT molecular complexity index is 606. The number of hydrogen-bond acceptors (Lipinski definition) is 4. The van der Waals surface area contributed by atoms with Crippen molar-refractivity contribution in [2.24, 2.45) is 0 Å². The lowest BCUT2D eigenvalue weighted by Crippen LogP contribution is -2.18. The van der Waals surface area contributed by atoms with Crippen LogP contribution >= 0.6 is 27.7 Å². The minimum Gasteiger partial charge on any atom is -0.480 e. The van der Waals surface area contributed by atoms with Crippen LogP contribution in [0.4, 0.5) is 0 Å². The van der Waals surface area contributed by atoms with Crippen LogP contribution in [0.15, 0.2) is 35.4 Å². The number of nitrogens with zero attached hydrogens (tertiary/aromatic N) is 2. The van der Waals surface area contributed by atoms with Crippen LogP contribution in [0.1, 0.15) is 23.2 Å². The lowest BCUT2D eigenvalue weighted by atomic mass is 10.2. The van der Waals surface area contributed by atoms with E-state index in [0.29, 0.717) is 0 Å². The van der Waals surface area contributed by atoms with Crippen molar-refractivity contribution in [3.63, 3.8) is 0 Å². The molecule has 0 fully saturated rings. The number of aromatic nitrogens is 2. The first kappa shape index (κ1) is 12.9. The highest BCUT2D eigenvalue weighted by Crippen LogP contribution is 2.39. The first-order valence-corrected chi connectivity index (χ1v) is 8.15. The second kappa shape index (κ2) is 5.51. The lowest BCUT2D eigenvalue weighted by molar-refractivity contribution is 0.210. The molecule has 5 heteroatoms. The summed E-state index contributed by atoms with van der Waals surface area (Å²) in [6.07, 6.45) is 1.81. The monoisotopic (exact) mass is 336 g/mol. The minimum atomic E-state index is -0.0667. The molecule has 0 N–H and O–H groups in total. The zero-order valence-corrected chi connectivity index (χ0v) is 12.9. The summed E-state index contributed by atoms with van der Waals surface area (Å²) >= 11 is 5.23. The zero-order valence-electron chi connectivity index (χ0n) is 10.5. The van der Waals surface area contributed by atoms with E-state index in [9.17, 15) is 0 Å². The van der Waals surface area contributed by atoms with Crippen LogP contribution in [0.25, 0.3) is 0 Å². The van der Waals surface area contributed by atoms with E-state index in [1.165, 1.54) is 4.90 Å². The van der Waals surface area contributed by atoms with Gasteiger partial charge in [0.25, 0.3) is 0 Å². The van der Waals surface area contributed by atoms with Gasteiger partial charge in [0.15, 0.2) is 11.9 Å². The Balaban J connectivity index is 1.87. The maximum absolute atomic E-state index is 5.99. The molecule has 2 aromatic rings. The number of para-hydroxylation sites is 1. The minimum absolute atomic E-state index is 0.0667. The van der Waals surface area contributed by atoms with Crippen molar-refractivity contribution in [1.29, 1.82) is 0 Å². The molecule has 1 aliphatic heterocycles. The standard InChI is InChI=1S/C14H13BrN2OS/c1-9-10(6-15)7-16-14(17-9)12-8-19-13-5-3-2-4-11(13)18-12/h2-5,7,12H,6,8H2,1H3. The SMILES string of the molecule is Cc1nc(C2CSc3ccccc3O2)ncc1CBr. The van der Waals surface area contributed by atoms with Crippen LogP contribution in [-0.2, 0) is 5.33 Å². The van der Waals surface area contributed by atoms with E-state index in [1.54, 1.807) is 11.8 Å². The van der Waals surface area contributed by atoms with Crippen LogP contribution in [0.2, 0.25) is 0 Å². The van der Waals surface area contributed by atoms with E-state index in [1.807, 2.05) is 31.3 Å². The van der Waals surface area contributed by atoms with Gasteiger partial charge in [-0.2, -0.15) is 0 Å². The number of thioether (sulfide) groups is 1. The zero-order chi connectivity index (χ0) is 13.2. The van der Waals surface area contributed by atoms with Crippen LogP contribution in [0.3, 0.4) is 0 Å². The van der Waals surface area contributed by atoms with Gasteiger partial charge in [-0.05, 0) is 19.1 Å². The summed E-state index contributed by atoms with van der Waals surface area (Å²) < 4.78 is 5.99. The summed E-state index contributed by atoms with van der Waals surface area (Å²) in [4.78, 5) is 10.2. The number of ether oxygens (including phenoxy) is 1. The van der Waals surface area contributed by atoms with Crippen molar-refractivity contribution in [3.8, 4) is 5.75 Å². The number of benzene rings is 1. The molecule has 0 aliphatic carbocycles. The van der Waals surface area contributed by atoms with Gasteiger partial charge in [-0.25, -0.2) is 9.97 Å². The van der Waals surface area contributed by atoms with E-state index < -0.39 is 0 Å². The Labute approximate surface area is 124 Å². The summed E-state index contributed by atoms with van der Waals surface area (Å²) in [7, 11) is 0. The van der Waals surface area contributed by atoms with Gasteiger partial charge < -0.3 is 4.74 Å². The Morgan fingerprint density at radius 2 is 2.26 bits per heavy atom.